The summed E-state index contributed by atoms with van der Waals surface area (Å²) in [5.41, 5.74) is 0.352. The number of halogens is 5. The van der Waals surface area contributed by atoms with Gasteiger partial charge in [0.1, 0.15) is 5.82 Å². The molecule has 0 bridgehead atoms. The number of likely N-dealkylation sites (tertiary alicyclic amines) is 1. The van der Waals surface area contributed by atoms with Crippen LogP contribution in [0.3, 0.4) is 0 Å². The molecular formula is C23H31ClF4N4O4. The zero-order valence-corrected chi connectivity index (χ0v) is 20.6. The van der Waals surface area contributed by atoms with Crippen molar-refractivity contribution in [3.8, 4) is 0 Å². The quantitative estimate of drug-likeness (QED) is 0.519. The molecule has 0 saturated carbocycles. The molecule has 2 fully saturated rings. The van der Waals surface area contributed by atoms with Crippen molar-refractivity contribution in [2.45, 2.75) is 31.9 Å². The number of carboxylic acid groups (broad SMARTS) is 1. The van der Waals surface area contributed by atoms with Gasteiger partial charge in [-0.25, -0.2) is 9.18 Å². The Kier molecular flexibility index (Phi) is 11.9. The fourth-order valence-electron chi connectivity index (χ4n) is 3.87. The molecule has 1 aromatic carbocycles. The SMILES string of the molecule is O=C(CCN(CCN1CCCCC1)C(=O)c1ccc(F)c(Cl)c1)N1CCNCC1.O=C(O)C(F)(F)F. The molecule has 1 aromatic rings. The Balaban J connectivity index is 0.000000572. The summed E-state index contributed by atoms with van der Waals surface area (Å²) in [4.78, 5) is 40.4. The second-order valence-corrected chi connectivity index (χ2v) is 8.91. The highest BCUT2D eigenvalue weighted by Crippen LogP contribution is 2.18. The fourth-order valence-corrected chi connectivity index (χ4v) is 4.06. The summed E-state index contributed by atoms with van der Waals surface area (Å²) < 4.78 is 45.2. The van der Waals surface area contributed by atoms with Crippen LogP contribution in [0, 0.1) is 5.82 Å². The highest BCUT2D eigenvalue weighted by Gasteiger charge is 2.38. The first-order chi connectivity index (χ1) is 17.0. The Morgan fingerprint density at radius 1 is 1.03 bits per heavy atom. The molecule has 2 aliphatic heterocycles. The van der Waals surface area contributed by atoms with Crippen molar-refractivity contribution in [3.63, 3.8) is 0 Å². The number of piperazine rings is 1. The van der Waals surface area contributed by atoms with Crippen LogP contribution in [-0.4, -0.2) is 103 Å². The molecule has 0 atom stereocenters. The minimum absolute atomic E-state index is 0.0660. The van der Waals surface area contributed by atoms with Gasteiger partial charge in [0.2, 0.25) is 5.91 Å². The first kappa shape index (κ1) is 29.8. The average molecular weight is 539 g/mol. The summed E-state index contributed by atoms with van der Waals surface area (Å²) in [7, 11) is 0. The zero-order valence-electron chi connectivity index (χ0n) is 19.8. The van der Waals surface area contributed by atoms with Gasteiger partial charge in [-0.1, -0.05) is 18.0 Å². The lowest BCUT2D eigenvalue weighted by Crippen LogP contribution is -2.47. The predicted molar refractivity (Wildman–Crippen MR) is 125 cm³/mol. The van der Waals surface area contributed by atoms with Crippen molar-refractivity contribution in [1.82, 2.24) is 20.0 Å². The minimum Gasteiger partial charge on any atom is -0.475 e. The van der Waals surface area contributed by atoms with Crippen LogP contribution in [0.1, 0.15) is 36.0 Å². The van der Waals surface area contributed by atoms with Crippen LogP contribution in [0.2, 0.25) is 5.02 Å². The largest absolute Gasteiger partial charge is 0.490 e. The molecule has 36 heavy (non-hydrogen) atoms. The molecule has 0 spiro atoms. The lowest BCUT2D eigenvalue weighted by molar-refractivity contribution is -0.192. The van der Waals surface area contributed by atoms with E-state index < -0.39 is 18.0 Å². The van der Waals surface area contributed by atoms with Crippen LogP contribution >= 0.6 is 11.6 Å². The van der Waals surface area contributed by atoms with Crippen molar-refractivity contribution in [2.24, 2.45) is 0 Å². The molecule has 2 aliphatic rings. The molecule has 13 heteroatoms. The van der Waals surface area contributed by atoms with Gasteiger partial charge in [-0.3, -0.25) is 9.59 Å². The maximum Gasteiger partial charge on any atom is 0.490 e. The zero-order chi connectivity index (χ0) is 26.7. The van der Waals surface area contributed by atoms with E-state index in [0.717, 1.165) is 32.7 Å². The van der Waals surface area contributed by atoms with E-state index in [0.29, 0.717) is 38.2 Å². The third kappa shape index (κ3) is 9.90. The smallest absolute Gasteiger partial charge is 0.475 e. The molecule has 2 amide bonds. The highest BCUT2D eigenvalue weighted by atomic mass is 35.5. The summed E-state index contributed by atoms with van der Waals surface area (Å²) in [5, 5.41) is 10.3. The third-order valence-electron chi connectivity index (χ3n) is 5.90. The Hall–Kier alpha value is -2.44. The molecule has 0 aliphatic carbocycles. The fraction of sp³-hybridized carbons (Fsp3) is 0.609. The number of aliphatic carboxylic acids is 1. The predicted octanol–water partition coefficient (Wildman–Crippen LogP) is 2.86. The minimum atomic E-state index is -5.08. The number of nitrogens with one attached hydrogen (secondary N) is 1. The Bertz CT molecular complexity index is 891. The molecule has 0 unspecified atom stereocenters. The first-order valence-electron chi connectivity index (χ1n) is 11.7. The standard InChI is InChI=1S/C21H30ClFN4O2.C2HF3O2/c22-18-16-17(4-5-19(18)23)21(29)27(15-14-25-9-2-1-3-10-25)11-6-20(28)26-12-7-24-8-13-26;3-2(4,5)1(6)7/h4-5,16,24H,1-3,6-15H2;(H,6,7). The van der Waals surface area contributed by atoms with E-state index in [2.05, 4.69) is 10.2 Å². The summed E-state index contributed by atoms with van der Waals surface area (Å²) in [6.45, 7) is 6.78. The van der Waals surface area contributed by atoms with E-state index in [9.17, 15) is 27.2 Å². The van der Waals surface area contributed by atoms with Crippen LogP contribution in [0.5, 0.6) is 0 Å². The van der Waals surface area contributed by atoms with Crippen molar-refractivity contribution in [2.75, 3.05) is 58.9 Å². The van der Waals surface area contributed by atoms with Crippen molar-refractivity contribution < 1.29 is 37.1 Å². The number of hydrogen-bond donors (Lipinski definition) is 2. The number of carbonyl (C=O) groups excluding carboxylic acids is 2. The van der Waals surface area contributed by atoms with E-state index in [1.807, 2.05) is 4.90 Å². The van der Waals surface area contributed by atoms with E-state index in [4.69, 9.17) is 21.5 Å². The number of hydrogen-bond acceptors (Lipinski definition) is 5. The van der Waals surface area contributed by atoms with Crippen molar-refractivity contribution >= 4 is 29.4 Å². The molecule has 3 rings (SSSR count). The maximum absolute atomic E-state index is 13.5. The summed E-state index contributed by atoms with van der Waals surface area (Å²) >= 11 is 5.87. The first-order valence-corrected chi connectivity index (χ1v) is 12.1. The van der Waals surface area contributed by atoms with Gasteiger partial charge in [-0.15, -0.1) is 0 Å². The number of nitrogens with zero attached hydrogens (tertiary/aromatic N) is 3. The highest BCUT2D eigenvalue weighted by molar-refractivity contribution is 6.31. The monoisotopic (exact) mass is 538 g/mol. The second-order valence-electron chi connectivity index (χ2n) is 8.51. The van der Waals surface area contributed by atoms with Crippen molar-refractivity contribution in [1.29, 1.82) is 0 Å². The molecule has 2 heterocycles. The average Bonchev–Trinajstić information content (AvgIpc) is 2.86. The lowest BCUT2D eigenvalue weighted by Gasteiger charge is -2.31. The van der Waals surface area contributed by atoms with Gasteiger partial charge in [-0.05, 0) is 44.1 Å². The normalized spacial score (nSPS) is 16.6. The van der Waals surface area contributed by atoms with Gasteiger partial charge >= 0.3 is 12.1 Å². The van der Waals surface area contributed by atoms with Crippen LogP contribution in [0.25, 0.3) is 0 Å². The Morgan fingerprint density at radius 2 is 1.64 bits per heavy atom. The topological polar surface area (TPSA) is 93.2 Å². The molecule has 0 aromatic heterocycles. The Labute approximate surface area is 212 Å². The molecule has 2 N–H and O–H groups in total. The van der Waals surface area contributed by atoms with E-state index in [1.165, 1.54) is 37.5 Å². The van der Waals surface area contributed by atoms with E-state index in [-0.39, 0.29) is 16.8 Å². The number of amides is 2. The van der Waals surface area contributed by atoms with Crippen LogP contribution < -0.4 is 5.32 Å². The van der Waals surface area contributed by atoms with Gasteiger partial charge in [0.25, 0.3) is 5.91 Å². The molecule has 2 saturated heterocycles. The molecule has 202 valence electrons. The number of alkyl halides is 3. The van der Waals surface area contributed by atoms with Crippen LogP contribution in [0.15, 0.2) is 18.2 Å². The molecular weight excluding hydrogens is 508 g/mol. The summed E-state index contributed by atoms with van der Waals surface area (Å²) in [6, 6.07) is 4.03. The number of benzene rings is 1. The van der Waals surface area contributed by atoms with Gasteiger partial charge in [-0.2, -0.15) is 13.2 Å². The number of carboxylic acids is 1. The Morgan fingerprint density at radius 3 is 2.19 bits per heavy atom. The second kappa shape index (κ2) is 14.3. The number of rotatable bonds is 7. The van der Waals surface area contributed by atoms with Crippen LogP contribution in [0.4, 0.5) is 17.6 Å². The molecule has 8 nitrogen and oxygen atoms in total. The van der Waals surface area contributed by atoms with Gasteiger partial charge < -0.3 is 25.1 Å². The summed E-state index contributed by atoms with van der Waals surface area (Å²) in [6.07, 6.45) is -1.17. The lowest BCUT2D eigenvalue weighted by atomic mass is 10.1. The summed E-state index contributed by atoms with van der Waals surface area (Å²) in [5.74, 6) is -3.44. The number of piperidine rings is 1. The number of carbonyl (C=O) groups is 3. The van der Waals surface area contributed by atoms with Gasteiger partial charge in [0, 0.05) is 57.8 Å². The van der Waals surface area contributed by atoms with Gasteiger partial charge in [0.15, 0.2) is 0 Å². The van der Waals surface area contributed by atoms with Gasteiger partial charge in [0.05, 0.1) is 5.02 Å². The van der Waals surface area contributed by atoms with Crippen LogP contribution in [-0.2, 0) is 9.59 Å². The molecule has 0 radical (unpaired) electrons. The van der Waals surface area contributed by atoms with E-state index in [1.54, 1.807) is 4.90 Å². The third-order valence-corrected chi connectivity index (χ3v) is 6.19. The van der Waals surface area contributed by atoms with E-state index >= 15 is 0 Å². The maximum atomic E-state index is 13.5. The van der Waals surface area contributed by atoms with Crippen molar-refractivity contribution in [3.05, 3.63) is 34.6 Å².